The molecule has 1 heterocycles. The number of nitrogens with zero attached hydrogens (tertiary/aromatic N) is 2. The average molecular weight is 211 g/mol. The lowest BCUT2D eigenvalue weighted by Gasteiger charge is -2.02. The minimum absolute atomic E-state index is 0.0256. The van der Waals surface area contributed by atoms with E-state index >= 15 is 0 Å². The summed E-state index contributed by atoms with van der Waals surface area (Å²) in [6.07, 6.45) is 2.82. The number of aromatic nitrogens is 1. The van der Waals surface area contributed by atoms with Gasteiger partial charge in [-0.05, 0) is 0 Å². The lowest BCUT2D eigenvalue weighted by Crippen LogP contribution is -2.05. The molecule has 4 nitrogen and oxygen atoms in total. The van der Waals surface area contributed by atoms with Gasteiger partial charge in [0.2, 0.25) is 0 Å². The molecule has 0 aliphatic carbocycles. The Kier molecular flexibility index (Phi) is 3.43. The summed E-state index contributed by atoms with van der Waals surface area (Å²) < 4.78 is 4.47. The summed E-state index contributed by atoms with van der Waals surface area (Å²) in [7, 11) is 1.29. The van der Waals surface area contributed by atoms with Crippen LogP contribution in [0.15, 0.2) is 12.4 Å². The number of ether oxygens (including phenoxy) is 1. The Balaban J connectivity index is 2.99. The number of carbonyl (C=O) groups is 1. The van der Waals surface area contributed by atoms with Crippen LogP contribution in [-0.2, 0) is 16.0 Å². The van der Waals surface area contributed by atoms with Crippen LogP contribution in [0.2, 0.25) is 5.02 Å². The number of nitriles is 1. The van der Waals surface area contributed by atoms with Crippen LogP contribution in [0.1, 0.15) is 11.1 Å². The van der Waals surface area contributed by atoms with Crippen molar-refractivity contribution in [3.8, 4) is 6.07 Å². The highest BCUT2D eigenvalue weighted by Crippen LogP contribution is 2.19. The highest BCUT2D eigenvalue weighted by Gasteiger charge is 2.10. The molecular formula is C9H7ClN2O2. The molecule has 0 amide bonds. The van der Waals surface area contributed by atoms with E-state index in [-0.39, 0.29) is 17.0 Å². The van der Waals surface area contributed by atoms with Gasteiger partial charge in [0.25, 0.3) is 0 Å². The van der Waals surface area contributed by atoms with Crippen molar-refractivity contribution in [2.45, 2.75) is 6.42 Å². The third-order valence-electron chi connectivity index (χ3n) is 1.64. The van der Waals surface area contributed by atoms with Gasteiger partial charge in [0.15, 0.2) is 0 Å². The van der Waals surface area contributed by atoms with Gasteiger partial charge in [-0.2, -0.15) is 5.26 Å². The molecular weight excluding hydrogens is 204 g/mol. The fourth-order valence-corrected chi connectivity index (χ4v) is 1.12. The zero-order valence-electron chi connectivity index (χ0n) is 7.45. The predicted molar refractivity (Wildman–Crippen MR) is 49.7 cm³/mol. The molecule has 0 fully saturated rings. The minimum Gasteiger partial charge on any atom is -0.469 e. The molecule has 14 heavy (non-hydrogen) atoms. The van der Waals surface area contributed by atoms with Gasteiger partial charge in [-0.15, -0.1) is 0 Å². The van der Waals surface area contributed by atoms with Crippen molar-refractivity contribution < 1.29 is 9.53 Å². The molecule has 0 aliphatic heterocycles. The fourth-order valence-electron chi connectivity index (χ4n) is 0.917. The van der Waals surface area contributed by atoms with E-state index in [0.29, 0.717) is 5.56 Å². The van der Waals surface area contributed by atoms with Gasteiger partial charge in [0, 0.05) is 18.0 Å². The van der Waals surface area contributed by atoms with E-state index in [0.717, 1.165) is 0 Å². The summed E-state index contributed by atoms with van der Waals surface area (Å²) in [5.74, 6) is -0.413. The van der Waals surface area contributed by atoms with E-state index in [1.54, 1.807) is 0 Å². The zero-order chi connectivity index (χ0) is 10.6. The van der Waals surface area contributed by atoms with E-state index in [9.17, 15) is 4.79 Å². The summed E-state index contributed by atoms with van der Waals surface area (Å²) in [6.45, 7) is 0. The number of carbonyl (C=O) groups excluding carboxylic acids is 1. The quantitative estimate of drug-likeness (QED) is 0.691. The molecule has 1 aromatic rings. The van der Waals surface area contributed by atoms with Crippen LogP contribution in [0.3, 0.4) is 0 Å². The second-order valence-electron chi connectivity index (χ2n) is 2.52. The molecule has 0 N–H and O–H groups in total. The van der Waals surface area contributed by atoms with Crippen molar-refractivity contribution in [3.05, 3.63) is 28.5 Å². The number of halogens is 1. The molecule has 0 unspecified atom stereocenters. The van der Waals surface area contributed by atoms with Crippen LogP contribution in [0, 0.1) is 11.3 Å². The molecule has 0 spiro atoms. The van der Waals surface area contributed by atoms with E-state index in [1.807, 2.05) is 6.07 Å². The van der Waals surface area contributed by atoms with Crippen molar-refractivity contribution in [2.75, 3.05) is 7.11 Å². The summed E-state index contributed by atoms with van der Waals surface area (Å²) in [5.41, 5.74) is 0.755. The fraction of sp³-hybridized carbons (Fsp3) is 0.222. The third kappa shape index (κ3) is 2.21. The Hall–Kier alpha value is -1.60. The van der Waals surface area contributed by atoms with Crippen LogP contribution in [0.4, 0.5) is 0 Å². The van der Waals surface area contributed by atoms with Gasteiger partial charge in [0.05, 0.1) is 24.1 Å². The molecule has 1 aromatic heterocycles. The maximum Gasteiger partial charge on any atom is 0.310 e. The van der Waals surface area contributed by atoms with Crippen molar-refractivity contribution in [2.24, 2.45) is 0 Å². The smallest absolute Gasteiger partial charge is 0.310 e. The molecule has 0 atom stereocenters. The van der Waals surface area contributed by atoms with Crippen molar-refractivity contribution in [3.63, 3.8) is 0 Å². The highest BCUT2D eigenvalue weighted by atomic mass is 35.5. The molecule has 5 heteroatoms. The Morgan fingerprint density at radius 1 is 1.71 bits per heavy atom. The first-order valence-electron chi connectivity index (χ1n) is 3.78. The van der Waals surface area contributed by atoms with Crippen molar-refractivity contribution in [1.82, 2.24) is 4.98 Å². The Morgan fingerprint density at radius 3 is 3.00 bits per heavy atom. The zero-order valence-corrected chi connectivity index (χ0v) is 8.21. The van der Waals surface area contributed by atoms with Gasteiger partial charge in [-0.3, -0.25) is 9.78 Å². The summed E-state index contributed by atoms with van der Waals surface area (Å²) in [5, 5.41) is 8.90. The van der Waals surface area contributed by atoms with Gasteiger partial charge in [-0.25, -0.2) is 0 Å². The molecule has 0 saturated heterocycles. The average Bonchev–Trinajstić information content (AvgIpc) is 2.21. The Labute approximate surface area is 86.1 Å². The van der Waals surface area contributed by atoms with E-state index in [2.05, 4.69) is 9.72 Å². The number of hydrogen-bond donors (Lipinski definition) is 0. The van der Waals surface area contributed by atoms with E-state index in [4.69, 9.17) is 16.9 Å². The second-order valence-corrected chi connectivity index (χ2v) is 2.90. The summed E-state index contributed by atoms with van der Waals surface area (Å²) >= 11 is 5.84. The number of pyridine rings is 1. The predicted octanol–water partition coefficient (Wildman–Crippen LogP) is 1.32. The first-order valence-corrected chi connectivity index (χ1v) is 4.16. The molecule has 0 aliphatic rings. The van der Waals surface area contributed by atoms with Crippen LogP contribution in [-0.4, -0.2) is 18.1 Å². The van der Waals surface area contributed by atoms with Gasteiger partial charge in [0.1, 0.15) is 6.07 Å². The second kappa shape index (κ2) is 4.58. The first-order chi connectivity index (χ1) is 6.69. The van der Waals surface area contributed by atoms with E-state index < -0.39 is 5.97 Å². The van der Waals surface area contributed by atoms with Gasteiger partial charge < -0.3 is 4.74 Å². The van der Waals surface area contributed by atoms with E-state index in [1.165, 1.54) is 19.5 Å². The molecule has 0 radical (unpaired) electrons. The Bertz CT molecular complexity index is 398. The Morgan fingerprint density at radius 2 is 2.43 bits per heavy atom. The molecule has 72 valence electrons. The van der Waals surface area contributed by atoms with Gasteiger partial charge >= 0.3 is 5.97 Å². The minimum atomic E-state index is -0.413. The molecule has 0 bridgehead atoms. The third-order valence-corrected chi connectivity index (χ3v) is 2.08. The molecule has 1 rings (SSSR count). The van der Waals surface area contributed by atoms with Crippen LogP contribution >= 0.6 is 11.6 Å². The normalized spacial score (nSPS) is 9.21. The summed E-state index contributed by atoms with van der Waals surface area (Å²) in [6, 6.07) is 1.88. The summed E-state index contributed by atoms with van der Waals surface area (Å²) in [4.78, 5) is 14.7. The maximum absolute atomic E-state index is 10.9. The number of rotatable bonds is 2. The maximum atomic E-state index is 10.9. The van der Waals surface area contributed by atoms with Crippen molar-refractivity contribution in [1.29, 1.82) is 5.26 Å². The lowest BCUT2D eigenvalue weighted by molar-refractivity contribution is -0.139. The van der Waals surface area contributed by atoms with Crippen molar-refractivity contribution >= 4 is 17.6 Å². The van der Waals surface area contributed by atoms with Crippen LogP contribution < -0.4 is 0 Å². The molecule has 0 saturated carbocycles. The SMILES string of the molecule is COC(=O)Cc1cncc(C#N)c1Cl. The standard InChI is InChI=1S/C9H7ClN2O2/c1-14-8(13)2-6-4-12-5-7(3-11)9(6)10/h4-5H,2H2,1H3. The van der Waals surface area contributed by atoms with Crippen LogP contribution in [0.5, 0.6) is 0 Å². The first kappa shape index (κ1) is 10.5. The lowest BCUT2D eigenvalue weighted by atomic mass is 10.1. The number of esters is 1. The van der Waals surface area contributed by atoms with Gasteiger partial charge in [-0.1, -0.05) is 11.6 Å². The van der Waals surface area contributed by atoms with Crippen LogP contribution in [0.25, 0.3) is 0 Å². The topological polar surface area (TPSA) is 63.0 Å². The highest BCUT2D eigenvalue weighted by molar-refractivity contribution is 6.32. The number of methoxy groups -OCH3 is 1. The molecule has 0 aromatic carbocycles. The largest absolute Gasteiger partial charge is 0.469 e. The number of hydrogen-bond acceptors (Lipinski definition) is 4. The monoisotopic (exact) mass is 210 g/mol.